The lowest BCUT2D eigenvalue weighted by Gasteiger charge is -2.22. The van der Waals surface area contributed by atoms with E-state index in [1.165, 1.54) is 6.92 Å². The largest absolute Gasteiger partial charge is 0.465 e. The summed E-state index contributed by atoms with van der Waals surface area (Å²) in [6, 6.07) is 8.14. The molecule has 142 valence electrons. The fraction of sp³-hybridized carbons (Fsp3) is 0.500. The van der Waals surface area contributed by atoms with Gasteiger partial charge in [0.1, 0.15) is 6.61 Å². The summed E-state index contributed by atoms with van der Waals surface area (Å²) < 4.78 is 5.02. The van der Waals surface area contributed by atoms with Crippen LogP contribution in [0, 0.1) is 0 Å². The third-order valence-corrected chi connectivity index (χ3v) is 4.61. The number of anilines is 1. The van der Waals surface area contributed by atoms with Gasteiger partial charge in [0.15, 0.2) is 0 Å². The molecular formula is C20H28ClN3O2. The Morgan fingerprint density at radius 1 is 1.35 bits per heavy atom. The Morgan fingerprint density at radius 2 is 2.15 bits per heavy atom. The number of aromatic nitrogens is 1. The number of benzene rings is 1. The summed E-state index contributed by atoms with van der Waals surface area (Å²) in [6.45, 7) is 8.97. The molecular weight excluding hydrogens is 350 g/mol. The molecule has 0 bridgehead atoms. The highest BCUT2D eigenvalue weighted by Crippen LogP contribution is 2.25. The lowest BCUT2D eigenvalue weighted by Crippen LogP contribution is -2.30. The van der Waals surface area contributed by atoms with Crippen LogP contribution in [0.5, 0.6) is 0 Å². The molecule has 0 amide bonds. The van der Waals surface area contributed by atoms with Crippen LogP contribution in [0.4, 0.5) is 5.69 Å². The molecule has 0 fully saturated rings. The minimum absolute atomic E-state index is 0.218. The normalized spacial score (nSPS) is 12.3. The van der Waals surface area contributed by atoms with Crippen LogP contribution in [0.2, 0.25) is 5.02 Å². The van der Waals surface area contributed by atoms with Gasteiger partial charge in [0.05, 0.1) is 5.52 Å². The van der Waals surface area contributed by atoms with Crippen LogP contribution in [0.3, 0.4) is 0 Å². The highest BCUT2D eigenvalue weighted by molar-refractivity contribution is 6.31. The molecule has 1 aromatic heterocycles. The molecule has 1 N–H and O–H groups in total. The minimum Gasteiger partial charge on any atom is -0.465 e. The van der Waals surface area contributed by atoms with Crippen LogP contribution in [-0.2, 0) is 9.53 Å². The molecule has 0 saturated heterocycles. The maximum absolute atomic E-state index is 10.8. The van der Waals surface area contributed by atoms with Gasteiger partial charge in [0.2, 0.25) is 0 Å². The van der Waals surface area contributed by atoms with E-state index in [0.717, 1.165) is 49.1 Å². The van der Waals surface area contributed by atoms with Gasteiger partial charge in [0, 0.05) is 41.8 Å². The van der Waals surface area contributed by atoms with Crippen molar-refractivity contribution in [3.63, 3.8) is 0 Å². The van der Waals surface area contributed by atoms with Crippen LogP contribution in [0.25, 0.3) is 10.9 Å². The predicted octanol–water partition coefficient (Wildman–Crippen LogP) is 4.35. The van der Waals surface area contributed by atoms with Crippen LogP contribution in [-0.4, -0.2) is 48.1 Å². The first kappa shape index (κ1) is 20.5. The van der Waals surface area contributed by atoms with E-state index in [4.69, 9.17) is 16.3 Å². The maximum atomic E-state index is 10.8. The number of nitrogens with zero attached hydrogens (tertiary/aromatic N) is 2. The third-order valence-electron chi connectivity index (χ3n) is 4.38. The number of hydrogen-bond acceptors (Lipinski definition) is 5. The van der Waals surface area contributed by atoms with Crippen LogP contribution < -0.4 is 5.32 Å². The zero-order chi connectivity index (χ0) is 18.9. The van der Waals surface area contributed by atoms with E-state index in [2.05, 4.69) is 29.0 Å². The first-order valence-corrected chi connectivity index (χ1v) is 9.54. The van der Waals surface area contributed by atoms with Crippen molar-refractivity contribution in [2.24, 2.45) is 0 Å². The third kappa shape index (κ3) is 6.46. The number of esters is 1. The lowest BCUT2D eigenvalue weighted by molar-refractivity contribution is -0.141. The molecule has 6 heteroatoms. The molecule has 1 atom stereocenters. The summed E-state index contributed by atoms with van der Waals surface area (Å²) in [7, 11) is 0. The topological polar surface area (TPSA) is 54.5 Å². The number of halogens is 1. The van der Waals surface area contributed by atoms with Crippen molar-refractivity contribution in [1.82, 2.24) is 9.88 Å². The number of carbonyl (C=O) groups excluding carboxylic acids is 1. The molecule has 1 aromatic carbocycles. The summed E-state index contributed by atoms with van der Waals surface area (Å²) >= 11 is 6.05. The molecule has 5 nitrogen and oxygen atoms in total. The van der Waals surface area contributed by atoms with E-state index in [-0.39, 0.29) is 5.97 Å². The zero-order valence-corrected chi connectivity index (χ0v) is 16.6. The highest BCUT2D eigenvalue weighted by atomic mass is 35.5. The van der Waals surface area contributed by atoms with Crippen molar-refractivity contribution < 1.29 is 9.53 Å². The second-order valence-corrected chi connectivity index (χ2v) is 6.92. The van der Waals surface area contributed by atoms with Gasteiger partial charge in [-0.25, -0.2) is 0 Å². The fourth-order valence-electron chi connectivity index (χ4n) is 2.95. The standard InChI is InChI=1S/C20H28ClN3O2/c1-4-24(12-13-26-16(3)25)11-5-6-15(2)23-19-9-10-22-20-14-17(21)7-8-18(19)20/h7-10,14-15H,4-6,11-13H2,1-3H3,(H,22,23)/t15-/m1/s1. The summed E-state index contributed by atoms with van der Waals surface area (Å²) in [5.41, 5.74) is 1.98. The molecule has 0 aliphatic rings. The molecule has 0 unspecified atom stereocenters. The van der Waals surface area contributed by atoms with Crippen molar-refractivity contribution in [2.45, 2.75) is 39.7 Å². The summed E-state index contributed by atoms with van der Waals surface area (Å²) in [4.78, 5) is 17.5. The van der Waals surface area contributed by atoms with Crippen LogP contribution in [0.1, 0.15) is 33.6 Å². The van der Waals surface area contributed by atoms with E-state index in [0.29, 0.717) is 17.7 Å². The first-order chi connectivity index (χ1) is 12.5. The summed E-state index contributed by atoms with van der Waals surface area (Å²) in [5.74, 6) is -0.218. The van der Waals surface area contributed by atoms with Gasteiger partial charge < -0.3 is 15.0 Å². The van der Waals surface area contributed by atoms with E-state index in [9.17, 15) is 4.79 Å². The van der Waals surface area contributed by atoms with Gasteiger partial charge in [-0.15, -0.1) is 0 Å². The van der Waals surface area contributed by atoms with E-state index < -0.39 is 0 Å². The molecule has 0 saturated carbocycles. The Morgan fingerprint density at radius 3 is 2.88 bits per heavy atom. The van der Waals surface area contributed by atoms with Crippen LogP contribution in [0.15, 0.2) is 30.5 Å². The molecule has 2 rings (SSSR count). The van der Waals surface area contributed by atoms with E-state index in [1.54, 1.807) is 0 Å². The van der Waals surface area contributed by atoms with Gasteiger partial charge in [-0.3, -0.25) is 9.78 Å². The van der Waals surface area contributed by atoms with Crippen molar-refractivity contribution in [1.29, 1.82) is 0 Å². The second kappa shape index (κ2) is 10.3. The van der Waals surface area contributed by atoms with E-state index >= 15 is 0 Å². The van der Waals surface area contributed by atoms with Crippen molar-refractivity contribution in [2.75, 3.05) is 31.6 Å². The first-order valence-electron chi connectivity index (χ1n) is 9.16. The van der Waals surface area contributed by atoms with Gasteiger partial charge >= 0.3 is 5.97 Å². The summed E-state index contributed by atoms with van der Waals surface area (Å²) in [5, 5.41) is 5.36. The van der Waals surface area contributed by atoms with Gasteiger partial charge in [-0.2, -0.15) is 0 Å². The van der Waals surface area contributed by atoms with Crippen molar-refractivity contribution in [3.05, 3.63) is 35.5 Å². The Kier molecular flexibility index (Phi) is 8.13. The monoisotopic (exact) mass is 377 g/mol. The van der Waals surface area contributed by atoms with Gasteiger partial charge in [-0.1, -0.05) is 18.5 Å². The molecule has 2 aromatic rings. The van der Waals surface area contributed by atoms with Gasteiger partial charge in [-0.05, 0) is 57.1 Å². The Hall–Kier alpha value is -1.85. The molecule has 0 aliphatic carbocycles. The number of likely N-dealkylation sites (N-methyl/N-ethyl adjacent to an activating group) is 1. The maximum Gasteiger partial charge on any atom is 0.302 e. The summed E-state index contributed by atoms with van der Waals surface area (Å²) in [6.07, 6.45) is 3.94. The Labute approximate surface area is 160 Å². The number of fused-ring (bicyclic) bond motifs is 1. The average Bonchev–Trinajstić information content (AvgIpc) is 2.60. The Bertz CT molecular complexity index is 723. The van der Waals surface area contributed by atoms with E-state index in [1.807, 2.05) is 30.5 Å². The number of pyridine rings is 1. The molecule has 0 aliphatic heterocycles. The number of nitrogens with one attached hydrogen (secondary N) is 1. The number of ether oxygens (including phenoxy) is 1. The lowest BCUT2D eigenvalue weighted by atomic mass is 10.1. The average molecular weight is 378 g/mol. The highest BCUT2D eigenvalue weighted by Gasteiger charge is 2.08. The SMILES string of the molecule is CCN(CCC[C@@H](C)Nc1ccnc2cc(Cl)ccc12)CCOC(C)=O. The molecule has 0 radical (unpaired) electrons. The molecule has 26 heavy (non-hydrogen) atoms. The predicted molar refractivity (Wildman–Crippen MR) is 108 cm³/mol. The Balaban J connectivity index is 1.81. The number of hydrogen-bond donors (Lipinski definition) is 1. The number of rotatable bonds is 10. The van der Waals surface area contributed by atoms with Crippen LogP contribution >= 0.6 is 11.6 Å². The minimum atomic E-state index is -0.218. The zero-order valence-electron chi connectivity index (χ0n) is 15.8. The number of carbonyl (C=O) groups is 1. The molecule has 0 spiro atoms. The quantitative estimate of drug-likeness (QED) is 0.623. The van der Waals surface area contributed by atoms with Crippen molar-refractivity contribution in [3.8, 4) is 0 Å². The smallest absolute Gasteiger partial charge is 0.302 e. The fourth-order valence-corrected chi connectivity index (χ4v) is 3.12. The molecule has 1 heterocycles. The van der Waals surface area contributed by atoms with Crippen molar-refractivity contribution >= 4 is 34.2 Å². The van der Waals surface area contributed by atoms with Gasteiger partial charge in [0.25, 0.3) is 0 Å². The second-order valence-electron chi connectivity index (χ2n) is 6.48.